The fourth-order valence-electron chi connectivity index (χ4n) is 2.29. The molecule has 1 N–H and O–H groups in total. The molecule has 6 heteroatoms. The average molecular weight is 253 g/mol. The van der Waals surface area contributed by atoms with E-state index in [0.717, 1.165) is 32.0 Å². The molecule has 1 unspecified atom stereocenters. The van der Waals surface area contributed by atoms with E-state index in [1.807, 2.05) is 0 Å². The molecule has 0 radical (unpaired) electrons. The Morgan fingerprint density at radius 1 is 1.56 bits per heavy atom. The molecule has 1 heterocycles. The van der Waals surface area contributed by atoms with E-state index in [0.29, 0.717) is 5.69 Å². The Balaban J connectivity index is 2.30. The van der Waals surface area contributed by atoms with Crippen molar-refractivity contribution in [3.05, 3.63) is 34.1 Å². The highest BCUT2D eigenvalue weighted by atomic mass is 19.1. The largest absolute Gasteiger partial charge is 0.365 e. The number of nitrogens with zero attached hydrogens (tertiary/aromatic N) is 2. The summed E-state index contributed by atoms with van der Waals surface area (Å²) < 4.78 is 13.3. The number of piperidine rings is 1. The zero-order valence-corrected chi connectivity index (χ0v) is 10.2. The SMILES string of the molecule is CN(c1cc(F)ccc1[N+](=O)[O-])C1CCCNC1. The van der Waals surface area contributed by atoms with Crippen molar-refractivity contribution >= 4 is 11.4 Å². The van der Waals surface area contributed by atoms with Gasteiger partial charge in [-0.2, -0.15) is 0 Å². The highest BCUT2D eigenvalue weighted by molar-refractivity contribution is 5.63. The number of nitro groups is 1. The number of hydrogen-bond donors (Lipinski definition) is 1. The Morgan fingerprint density at radius 2 is 2.33 bits per heavy atom. The van der Waals surface area contributed by atoms with Gasteiger partial charge in [-0.15, -0.1) is 0 Å². The van der Waals surface area contributed by atoms with Gasteiger partial charge in [-0.25, -0.2) is 4.39 Å². The number of rotatable bonds is 3. The predicted octanol–water partition coefficient (Wildman–Crippen LogP) is 1.92. The molecule has 1 fully saturated rings. The molecule has 2 rings (SSSR count). The molecule has 0 bridgehead atoms. The van der Waals surface area contributed by atoms with Crippen LogP contribution in [0.3, 0.4) is 0 Å². The van der Waals surface area contributed by atoms with E-state index in [9.17, 15) is 14.5 Å². The van der Waals surface area contributed by atoms with Crippen molar-refractivity contribution in [2.75, 3.05) is 25.0 Å². The first kappa shape index (κ1) is 12.8. The minimum atomic E-state index is -0.471. The van der Waals surface area contributed by atoms with Gasteiger partial charge in [-0.05, 0) is 25.5 Å². The van der Waals surface area contributed by atoms with Crippen LogP contribution in [-0.2, 0) is 0 Å². The lowest BCUT2D eigenvalue weighted by atomic mass is 10.1. The van der Waals surface area contributed by atoms with Crippen LogP contribution in [0.2, 0.25) is 0 Å². The van der Waals surface area contributed by atoms with Gasteiger partial charge < -0.3 is 10.2 Å². The first-order chi connectivity index (χ1) is 8.59. The number of nitro benzene ring substituents is 1. The van der Waals surface area contributed by atoms with Crippen LogP contribution in [0.4, 0.5) is 15.8 Å². The summed E-state index contributed by atoms with van der Waals surface area (Å²) in [7, 11) is 1.78. The van der Waals surface area contributed by atoms with Crippen molar-refractivity contribution in [2.45, 2.75) is 18.9 Å². The van der Waals surface area contributed by atoms with Crippen LogP contribution in [0.5, 0.6) is 0 Å². The zero-order chi connectivity index (χ0) is 13.1. The molecule has 1 atom stereocenters. The summed E-state index contributed by atoms with van der Waals surface area (Å²) in [4.78, 5) is 12.3. The number of nitrogens with one attached hydrogen (secondary N) is 1. The number of hydrogen-bond acceptors (Lipinski definition) is 4. The second kappa shape index (κ2) is 5.30. The van der Waals surface area contributed by atoms with Gasteiger partial charge in [0, 0.05) is 31.8 Å². The summed E-state index contributed by atoms with van der Waals surface area (Å²) in [6.45, 7) is 1.74. The Morgan fingerprint density at radius 3 is 2.94 bits per heavy atom. The van der Waals surface area contributed by atoms with E-state index < -0.39 is 10.7 Å². The van der Waals surface area contributed by atoms with Gasteiger partial charge >= 0.3 is 0 Å². The van der Waals surface area contributed by atoms with Gasteiger partial charge in [0.25, 0.3) is 5.69 Å². The quantitative estimate of drug-likeness (QED) is 0.660. The third kappa shape index (κ3) is 2.59. The normalized spacial score (nSPS) is 19.6. The van der Waals surface area contributed by atoms with Gasteiger partial charge in [0.1, 0.15) is 11.5 Å². The van der Waals surface area contributed by atoms with Crippen LogP contribution in [-0.4, -0.2) is 31.1 Å². The maximum Gasteiger partial charge on any atom is 0.292 e. The van der Waals surface area contributed by atoms with Crippen molar-refractivity contribution in [1.29, 1.82) is 0 Å². The standard InChI is InChI=1S/C12H16FN3O2/c1-15(10-3-2-6-14-8-10)12-7-9(13)4-5-11(12)16(17)18/h4-5,7,10,14H,2-3,6,8H2,1H3. The van der Waals surface area contributed by atoms with E-state index in [1.165, 1.54) is 12.1 Å². The second-order valence-corrected chi connectivity index (χ2v) is 4.50. The zero-order valence-electron chi connectivity index (χ0n) is 10.2. The number of benzene rings is 1. The van der Waals surface area contributed by atoms with Crippen molar-refractivity contribution in [1.82, 2.24) is 5.32 Å². The maximum absolute atomic E-state index is 13.3. The summed E-state index contributed by atoms with van der Waals surface area (Å²) in [6, 6.07) is 3.73. The molecule has 98 valence electrons. The molecule has 0 saturated carbocycles. The molecule has 0 aliphatic carbocycles. The monoisotopic (exact) mass is 253 g/mol. The smallest absolute Gasteiger partial charge is 0.292 e. The Kier molecular flexibility index (Phi) is 3.76. The van der Waals surface area contributed by atoms with Gasteiger partial charge in [0.2, 0.25) is 0 Å². The third-order valence-corrected chi connectivity index (χ3v) is 3.33. The number of anilines is 1. The maximum atomic E-state index is 13.3. The number of halogens is 1. The summed E-state index contributed by atoms with van der Waals surface area (Å²) in [6.07, 6.45) is 1.98. The third-order valence-electron chi connectivity index (χ3n) is 3.33. The van der Waals surface area contributed by atoms with Crippen LogP contribution in [0.15, 0.2) is 18.2 Å². The van der Waals surface area contributed by atoms with E-state index >= 15 is 0 Å². The average Bonchev–Trinajstić information content (AvgIpc) is 2.38. The fourth-order valence-corrected chi connectivity index (χ4v) is 2.29. The van der Waals surface area contributed by atoms with Crippen LogP contribution >= 0.6 is 0 Å². The predicted molar refractivity (Wildman–Crippen MR) is 67.3 cm³/mol. The van der Waals surface area contributed by atoms with Crippen molar-refractivity contribution in [3.8, 4) is 0 Å². The Labute approximate surface area is 105 Å². The van der Waals surface area contributed by atoms with Gasteiger partial charge in [0.15, 0.2) is 0 Å². The van der Waals surface area contributed by atoms with Crippen molar-refractivity contribution < 1.29 is 9.31 Å². The molecular formula is C12H16FN3O2. The Bertz CT molecular complexity index is 447. The molecule has 5 nitrogen and oxygen atoms in total. The van der Waals surface area contributed by atoms with Gasteiger partial charge in [0.05, 0.1) is 4.92 Å². The van der Waals surface area contributed by atoms with Gasteiger partial charge in [-0.3, -0.25) is 10.1 Å². The van der Waals surface area contributed by atoms with E-state index in [2.05, 4.69) is 5.32 Å². The minimum absolute atomic E-state index is 0.0514. The highest BCUT2D eigenvalue weighted by Gasteiger charge is 2.24. The molecule has 1 aliphatic rings. The topological polar surface area (TPSA) is 58.4 Å². The summed E-state index contributed by atoms with van der Waals surface area (Å²) in [5.41, 5.74) is 0.290. The van der Waals surface area contributed by atoms with Crippen LogP contribution in [0.25, 0.3) is 0 Å². The van der Waals surface area contributed by atoms with Gasteiger partial charge in [-0.1, -0.05) is 0 Å². The number of likely N-dealkylation sites (N-methyl/N-ethyl adjacent to an activating group) is 1. The lowest BCUT2D eigenvalue weighted by molar-refractivity contribution is -0.384. The Hall–Kier alpha value is -1.69. The van der Waals surface area contributed by atoms with Crippen molar-refractivity contribution in [3.63, 3.8) is 0 Å². The first-order valence-corrected chi connectivity index (χ1v) is 5.97. The van der Waals surface area contributed by atoms with Crippen molar-refractivity contribution in [2.24, 2.45) is 0 Å². The second-order valence-electron chi connectivity index (χ2n) is 4.50. The first-order valence-electron chi connectivity index (χ1n) is 5.97. The van der Waals surface area contributed by atoms with Crippen LogP contribution in [0, 0.1) is 15.9 Å². The molecule has 1 aliphatic heterocycles. The molecule has 1 aromatic carbocycles. The highest BCUT2D eigenvalue weighted by Crippen LogP contribution is 2.30. The molecular weight excluding hydrogens is 237 g/mol. The van der Waals surface area contributed by atoms with E-state index in [-0.39, 0.29) is 11.7 Å². The minimum Gasteiger partial charge on any atom is -0.365 e. The summed E-state index contributed by atoms with van der Waals surface area (Å²) >= 11 is 0. The van der Waals surface area contributed by atoms with E-state index in [1.54, 1.807) is 11.9 Å². The molecule has 0 aromatic heterocycles. The molecule has 18 heavy (non-hydrogen) atoms. The molecule has 1 saturated heterocycles. The van der Waals surface area contributed by atoms with Crippen LogP contribution in [0.1, 0.15) is 12.8 Å². The lowest BCUT2D eigenvalue weighted by Gasteiger charge is -2.33. The summed E-state index contributed by atoms with van der Waals surface area (Å²) in [5.74, 6) is -0.453. The summed E-state index contributed by atoms with van der Waals surface area (Å²) in [5, 5.41) is 14.2. The lowest BCUT2D eigenvalue weighted by Crippen LogP contribution is -2.44. The van der Waals surface area contributed by atoms with E-state index in [4.69, 9.17) is 0 Å². The molecule has 0 amide bonds. The van der Waals surface area contributed by atoms with Crippen LogP contribution < -0.4 is 10.2 Å². The fraction of sp³-hybridized carbons (Fsp3) is 0.500. The molecule has 0 spiro atoms. The molecule has 1 aromatic rings.